The van der Waals surface area contributed by atoms with Crippen LogP contribution in [0.5, 0.6) is 0 Å². The quantitative estimate of drug-likeness (QED) is 0.763. The molecule has 0 aliphatic heterocycles. The molecule has 2 rings (SSSR count). The molecule has 14 heavy (non-hydrogen) atoms. The topological polar surface area (TPSA) is 56.7 Å². The van der Waals surface area contributed by atoms with Gasteiger partial charge in [-0.1, -0.05) is 6.07 Å². The van der Waals surface area contributed by atoms with Gasteiger partial charge in [-0.15, -0.1) is 0 Å². The van der Waals surface area contributed by atoms with Crippen molar-refractivity contribution in [3.63, 3.8) is 0 Å². The Morgan fingerprint density at radius 3 is 2.79 bits per heavy atom. The zero-order chi connectivity index (χ0) is 9.97. The summed E-state index contributed by atoms with van der Waals surface area (Å²) in [5.74, 6) is 0.853. The molecule has 0 radical (unpaired) electrons. The van der Waals surface area contributed by atoms with Crippen molar-refractivity contribution < 1.29 is 0 Å². The molecule has 0 saturated carbocycles. The molecular weight excluding hydrogens is 176 g/mol. The Balaban J connectivity index is 2.48. The van der Waals surface area contributed by atoms with Crippen LogP contribution in [0.4, 0.5) is 0 Å². The lowest BCUT2D eigenvalue weighted by Gasteiger charge is -2.02. The summed E-state index contributed by atoms with van der Waals surface area (Å²) >= 11 is 0. The minimum absolute atomic E-state index is 0.496. The van der Waals surface area contributed by atoms with Crippen molar-refractivity contribution in [3.8, 4) is 11.5 Å². The second kappa shape index (κ2) is 3.59. The molecule has 4 nitrogen and oxygen atoms in total. The van der Waals surface area contributed by atoms with Crippen LogP contribution in [-0.4, -0.2) is 14.5 Å². The fraction of sp³-hybridized carbons (Fsp3) is 0.200. The molecule has 2 aromatic rings. The van der Waals surface area contributed by atoms with Gasteiger partial charge in [0.25, 0.3) is 0 Å². The van der Waals surface area contributed by atoms with Crippen molar-refractivity contribution in [3.05, 3.63) is 36.3 Å². The minimum atomic E-state index is 0.496. The van der Waals surface area contributed by atoms with Crippen molar-refractivity contribution in [1.82, 2.24) is 14.5 Å². The maximum Gasteiger partial charge on any atom is 0.158 e. The van der Waals surface area contributed by atoms with Gasteiger partial charge in [0.15, 0.2) is 5.82 Å². The average Bonchev–Trinajstić information content (AvgIpc) is 2.61. The number of pyridine rings is 1. The molecule has 0 aromatic carbocycles. The monoisotopic (exact) mass is 188 g/mol. The van der Waals surface area contributed by atoms with Crippen molar-refractivity contribution in [2.24, 2.45) is 12.8 Å². The number of nitrogens with two attached hydrogens (primary N) is 1. The molecule has 0 saturated heterocycles. The summed E-state index contributed by atoms with van der Waals surface area (Å²) in [5.41, 5.74) is 7.44. The second-order valence-electron chi connectivity index (χ2n) is 3.05. The Bertz CT molecular complexity index is 419. The molecule has 4 heteroatoms. The Kier molecular flexibility index (Phi) is 2.28. The van der Waals surface area contributed by atoms with Gasteiger partial charge in [-0.2, -0.15) is 0 Å². The van der Waals surface area contributed by atoms with Crippen molar-refractivity contribution in [2.45, 2.75) is 6.54 Å². The van der Waals surface area contributed by atoms with Crippen LogP contribution in [0.1, 0.15) is 5.69 Å². The second-order valence-corrected chi connectivity index (χ2v) is 3.05. The Morgan fingerprint density at radius 2 is 2.21 bits per heavy atom. The summed E-state index contributed by atoms with van der Waals surface area (Å²) in [5, 5.41) is 0. The van der Waals surface area contributed by atoms with Crippen LogP contribution in [-0.2, 0) is 13.6 Å². The van der Waals surface area contributed by atoms with Gasteiger partial charge in [0.2, 0.25) is 0 Å². The van der Waals surface area contributed by atoms with E-state index in [1.165, 1.54) is 0 Å². The van der Waals surface area contributed by atoms with Crippen LogP contribution in [0.15, 0.2) is 30.6 Å². The third-order valence-electron chi connectivity index (χ3n) is 2.19. The van der Waals surface area contributed by atoms with E-state index in [4.69, 9.17) is 5.73 Å². The fourth-order valence-electron chi connectivity index (χ4n) is 1.37. The predicted octanol–water partition coefficient (Wildman–Crippen LogP) is 0.941. The third kappa shape index (κ3) is 1.40. The number of imidazole rings is 1. The van der Waals surface area contributed by atoms with E-state index in [2.05, 4.69) is 9.97 Å². The highest BCUT2D eigenvalue weighted by Gasteiger charge is 2.07. The van der Waals surface area contributed by atoms with Gasteiger partial charge >= 0.3 is 0 Å². The zero-order valence-electron chi connectivity index (χ0n) is 8.01. The maximum atomic E-state index is 5.56. The largest absolute Gasteiger partial charge is 0.329 e. The first-order valence-corrected chi connectivity index (χ1v) is 4.45. The van der Waals surface area contributed by atoms with E-state index in [9.17, 15) is 0 Å². The summed E-state index contributed by atoms with van der Waals surface area (Å²) in [7, 11) is 1.94. The average molecular weight is 188 g/mol. The van der Waals surface area contributed by atoms with Gasteiger partial charge in [0.1, 0.15) is 5.69 Å². The molecule has 2 aromatic heterocycles. The number of aromatic nitrogens is 3. The Hall–Kier alpha value is -1.68. The summed E-state index contributed by atoms with van der Waals surface area (Å²) in [6, 6.07) is 5.76. The first kappa shape index (κ1) is 8.90. The van der Waals surface area contributed by atoms with Crippen LogP contribution in [0.25, 0.3) is 11.5 Å². The third-order valence-corrected chi connectivity index (χ3v) is 2.19. The summed E-state index contributed by atoms with van der Waals surface area (Å²) < 4.78 is 1.96. The Labute approximate surface area is 82.4 Å². The molecule has 0 aliphatic rings. The van der Waals surface area contributed by atoms with E-state index in [-0.39, 0.29) is 0 Å². The van der Waals surface area contributed by atoms with Crippen LogP contribution in [0, 0.1) is 0 Å². The summed E-state index contributed by atoms with van der Waals surface area (Å²) in [6.07, 6.45) is 3.54. The molecule has 0 fully saturated rings. The highest BCUT2D eigenvalue weighted by molar-refractivity contribution is 5.49. The van der Waals surface area contributed by atoms with Gasteiger partial charge < -0.3 is 10.3 Å². The molecule has 0 aliphatic carbocycles. The van der Waals surface area contributed by atoms with Gasteiger partial charge in [-0.3, -0.25) is 4.98 Å². The van der Waals surface area contributed by atoms with E-state index in [1.807, 2.05) is 29.8 Å². The first-order chi connectivity index (χ1) is 6.83. The molecule has 0 spiro atoms. The lowest BCUT2D eigenvalue weighted by atomic mass is 10.3. The maximum absolute atomic E-state index is 5.56. The summed E-state index contributed by atoms with van der Waals surface area (Å²) in [6.45, 7) is 0.496. The van der Waals surface area contributed by atoms with Crippen molar-refractivity contribution >= 4 is 0 Å². The number of nitrogens with zero attached hydrogens (tertiary/aromatic N) is 3. The van der Waals surface area contributed by atoms with E-state index in [0.29, 0.717) is 6.54 Å². The number of hydrogen-bond donors (Lipinski definition) is 1. The molecule has 0 amide bonds. The molecule has 2 N–H and O–H groups in total. The van der Waals surface area contributed by atoms with Crippen molar-refractivity contribution in [1.29, 1.82) is 0 Å². The smallest absolute Gasteiger partial charge is 0.158 e. The molecule has 0 bridgehead atoms. The van der Waals surface area contributed by atoms with Gasteiger partial charge in [0, 0.05) is 19.8 Å². The van der Waals surface area contributed by atoms with Gasteiger partial charge in [-0.25, -0.2) is 4.98 Å². The lowest BCUT2D eigenvalue weighted by molar-refractivity contribution is 0.825. The van der Waals surface area contributed by atoms with Crippen LogP contribution in [0.3, 0.4) is 0 Å². The first-order valence-electron chi connectivity index (χ1n) is 4.45. The SMILES string of the molecule is Cn1c(CN)cnc1-c1ccccn1. The summed E-state index contributed by atoms with van der Waals surface area (Å²) in [4.78, 5) is 8.51. The van der Waals surface area contributed by atoms with E-state index < -0.39 is 0 Å². The fourth-order valence-corrected chi connectivity index (χ4v) is 1.37. The van der Waals surface area contributed by atoms with Crippen LogP contribution in [0.2, 0.25) is 0 Å². The molecule has 0 unspecified atom stereocenters. The van der Waals surface area contributed by atoms with Gasteiger partial charge in [-0.05, 0) is 12.1 Å². The Morgan fingerprint density at radius 1 is 1.36 bits per heavy atom. The van der Waals surface area contributed by atoms with Crippen molar-refractivity contribution in [2.75, 3.05) is 0 Å². The molecule has 0 atom stereocenters. The highest BCUT2D eigenvalue weighted by Crippen LogP contribution is 2.14. The van der Waals surface area contributed by atoms with E-state index in [1.54, 1.807) is 12.4 Å². The molecule has 72 valence electrons. The highest BCUT2D eigenvalue weighted by atomic mass is 15.1. The normalized spacial score (nSPS) is 10.4. The number of hydrogen-bond acceptors (Lipinski definition) is 3. The zero-order valence-corrected chi connectivity index (χ0v) is 8.01. The van der Waals surface area contributed by atoms with Crippen LogP contribution < -0.4 is 5.73 Å². The van der Waals surface area contributed by atoms with Gasteiger partial charge in [0.05, 0.1) is 11.9 Å². The molecule has 2 heterocycles. The molecular formula is C10H12N4. The van der Waals surface area contributed by atoms with E-state index >= 15 is 0 Å². The minimum Gasteiger partial charge on any atom is -0.329 e. The predicted molar refractivity (Wildman–Crippen MR) is 54.3 cm³/mol. The van der Waals surface area contributed by atoms with Crippen LogP contribution >= 0.6 is 0 Å². The lowest BCUT2D eigenvalue weighted by Crippen LogP contribution is -2.04. The standard InChI is InChI=1S/C10H12N4/c1-14-8(6-11)7-13-10(14)9-4-2-3-5-12-9/h2-5,7H,6,11H2,1H3. The number of rotatable bonds is 2. The van der Waals surface area contributed by atoms with E-state index in [0.717, 1.165) is 17.2 Å².